The number of carbonyl (C=O) groups excluding carboxylic acids is 2. The molecule has 1 aliphatic rings. The summed E-state index contributed by atoms with van der Waals surface area (Å²) in [6.07, 6.45) is 2.39. The minimum atomic E-state index is -0.664. The Hall–Kier alpha value is -2.28. The fourth-order valence-corrected chi connectivity index (χ4v) is 3.54. The molecule has 3 rings (SSSR count). The summed E-state index contributed by atoms with van der Waals surface area (Å²) in [5.41, 5.74) is 8.96. The Balaban J connectivity index is 0.00000240. The molecule has 170 valence electrons. The molecule has 2 amide bonds. The van der Waals surface area contributed by atoms with E-state index in [-0.39, 0.29) is 36.6 Å². The van der Waals surface area contributed by atoms with Crippen LogP contribution in [0, 0.1) is 5.92 Å². The second-order valence-electron chi connectivity index (χ2n) is 7.69. The predicted molar refractivity (Wildman–Crippen MR) is 131 cm³/mol. The maximum atomic E-state index is 12.6. The number of amides is 2. The summed E-state index contributed by atoms with van der Waals surface area (Å²) >= 11 is 0. The van der Waals surface area contributed by atoms with Crippen LogP contribution in [0.25, 0.3) is 0 Å². The average molecular weight is 467 g/mol. The molecule has 2 aromatic rings. The third-order valence-corrected chi connectivity index (χ3v) is 5.47. The van der Waals surface area contributed by atoms with Gasteiger partial charge in [0, 0.05) is 30.5 Å². The van der Waals surface area contributed by atoms with Crippen LogP contribution in [0.4, 0.5) is 11.4 Å². The Kier molecular flexibility index (Phi) is 10.8. The van der Waals surface area contributed by atoms with Gasteiger partial charge in [0.2, 0.25) is 11.8 Å². The zero-order valence-electron chi connectivity index (χ0n) is 17.9. The highest BCUT2D eigenvalue weighted by Gasteiger charge is 2.25. The fraction of sp³-hybridized carbons (Fsp3) is 0.391. The lowest BCUT2D eigenvalue weighted by molar-refractivity contribution is -0.129. The first kappa shape index (κ1) is 26.8. The molecule has 4 N–H and O–H groups in total. The van der Waals surface area contributed by atoms with Gasteiger partial charge in [-0.25, -0.2) is 0 Å². The largest absolute Gasteiger partial charge is 0.371 e. The van der Waals surface area contributed by atoms with Gasteiger partial charge in [-0.2, -0.15) is 0 Å². The van der Waals surface area contributed by atoms with Gasteiger partial charge in [0.1, 0.15) is 6.04 Å². The molecule has 8 heteroatoms. The van der Waals surface area contributed by atoms with Crippen molar-refractivity contribution >= 4 is 48.0 Å². The summed E-state index contributed by atoms with van der Waals surface area (Å²) in [5, 5.41) is 5.68. The van der Waals surface area contributed by atoms with Gasteiger partial charge in [-0.3, -0.25) is 9.59 Å². The summed E-state index contributed by atoms with van der Waals surface area (Å²) in [6.45, 7) is 5.54. The maximum Gasteiger partial charge on any atom is 0.246 e. The number of rotatable bonds is 7. The Bertz CT molecular complexity index is 844. The van der Waals surface area contributed by atoms with E-state index in [1.54, 1.807) is 13.8 Å². The number of benzene rings is 2. The van der Waals surface area contributed by atoms with Crippen LogP contribution in [0.5, 0.6) is 0 Å². The van der Waals surface area contributed by atoms with Crippen LogP contribution in [-0.2, 0) is 9.59 Å². The van der Waals surface area contributed by atoms with E-state index in [1.807, 2.05) is 48.5 Å². The van der Waals surface area contributed by atoms with Gasteiger partial charge in [0.25, 0.3) is 0 Å². The normalized spacial score (nSPS) is 15.6. The van der Waals surface area contributed by atoms with Crippen LogP contribution in [0.3, 0.4) is 0 Å². The summed E-state index contributed by atoms with van der Waals surface area (Å²) in [7, 11) is 0. The second-order valence-corrected chi connectivity index (χ2v) is 7.69. The fourth-order valence-electron chi connectivity index (χ4n) is 3.54. The van der Waals surface area contributed by atoms with E-state index in [1.165, 1.54) is 12.8 Å². The molecule has 1 fully saturated rings. The van der Waals surface area contributed by atoms with Gasteiger partial charge in [-0.05, 0) is 43.5 Å². The van der Waals surface area contributed by atoms with Crippen molar-refractivity contribution in [2.45, 2.75) is 38.8 Å². The highest BCUT2D eigenvalue weighted by Crippen LogP contribution is 2.23. The molecule has 1 aliphatic heterocycles. The van der Waals surface area contributed by atoms with Crippen LogP contribution in [0.15, 0.2) is 54.6 Å². The number of carbonyl (C=O) groups is 2. The van der Waals surface area contributed by atoms with Crippen molar-refractivity contribution in [3.8, 4) is 0 Å². The standard InChI is InChI=1S/C23H30N4O2.2ClH/c1-16(21(24)18-9-4-3-5-10-18)22(28)25-17(2)23(29)26-19-11-8-12-20(15-19)27-13-6-7-14-27;;/h3-5,8-12,15-17,21H,6-7,13-14,24H2,1-2H3,(H,25,28)(H,26,29);2*1H. The van der Waals surface area contributed by atoms with Crippen molar-refractivity contribution < 1.29 is 9.59 Å². The number of nitrogens with one attached hydrogen (secondary N) is 2. The van der Waals surface area contributed by atoms with Gasteiger partial charge in [-0.1, -0.05) is 43.3 Å². The number of hydrogen-bond donors (Lipinski definition) is 3. The Morgan fingerprint density at radius 3 is 2.23 bits per heavy atom. The minimum absolute atomic E-state index is 0. The van der Waals surface area contributed by atoms with Crippen molar-refractivity contribution in [3.05, 3.63) is 60.2 Å². The molecule has 3 unspecified atom stereocenters. The predicted octanol–water partition coefficient (Wildman–Crippen LogP) is 3.91. The molecule has 1 heterocycles. The highest BCUT2D eigenvalue weighted by molar-refractivity contribution is 5.97. The van der Waals surface area contributed by atoms with E-state index < -0.39 is 18.0 Å². The molecule has 1 saturated heterocycles. The van der Waals surface area contributed by atoms with E-state index in [9.17, 15) is 9.59 Å². The number of halogens is 2. The van der Waals surface area contributed by atoms with Gasteiger partial charge in [0.05, 0.1) is 5.92 Å². The highest BCUT2D eigenvalue weighted by atomic mass is 35.5. The van der Waals surface area contributed by atoms with Crippen molar-refractivity contribution in [1.82, 2.24) is 5.32 Å². The summed E-state index contributed by atoms with van der Waals surface area (Å²) in [4.78, 5) is 27.5. The van der Waals surface area contributed by atoms with E-state index in [0.717, 1.165) is 30.0 Å². The molecule has 2 aromatic carbocycles. The van der Waals surface area contributed by atoms with Crippen molar-refractivity contribution in [1.29, 1.82) is 0 Å². The molecule has 0 radical (unpaired) electrons. The molecular weight excluding hydrogens is 435 g/mol. The second kappa shape index (κ2) is 12.5. The van der Waals surface area contributed by atoms with Gasteiger partial charge in [0.15, 0.2) is 0 Å². The molecule has 3 atom stereocenters. The van der Waals surface area contributed by atoms with Crippen LogP contribution in [-0.4, -0.2) is 30.9 Å². The van der Waals surface area contributed by atoms with Gasteiger partial charge in [-0.15, -0.1) is 24.8 Å². The van der Waals surface area contributed by atoms with E-state index in [0.29, 0.717) is 0 Å². The minimum Gasteiger partial charge on any atom is -0.371 e. The molecule has 0 bridgehead atoms. The van der Waals surface area contributed by atoms with Gasteiger partial charge >= 0.3 is 0 Å². The molecule has 6 nitrogen and oxygen atoms in total. The number of anilines is 2. The first-order valence-electron chi connectivity index (χ1n) is 10.2. The Labute approximate surface area is 196 Å². The number of nitrogens with two attached hydrogens (primary N) is 1. The first-order chi connectivity index (χ1) is 14.0. The van der Waals surface area contributed by atoms with Crippen LogP contribution >= 0.6 is 24.8 Å². The molecule has 0 aliphatic carbocycles. The molecule has 31 heavy (non-hydrogen) atoms. The molecular formula is C23H32Cl2N4O2. The van der Waals surface area contributed by atoms with Crippen LogP contribution in [0.1, 0.15) is 38.3 Å². The maximum absolute atomic E-state index is 12.6. The molecule has 0 aromatic heterocycles. The average Bonchev–Trinajstić information content (AvgIpc) is 3.28. The van der Waals surface area contributed by atoms with Crippen LogP contribution < -0.4 is 21.3 Å². The zero-order chi connectivity index (χ0) is 20.8. The zero-order valence-corrected chi connectivity index (χ0v) is 19.5. The quantitative estimate of drug-likeness (QED) is 0.576. The molecule has 0 spiro atoms. The monoisotopic (exact) mass is 466 g/mol. The van der Waals surface area contributed by atoms with E-state index in [2.05, 4.69) is 21.6 Å². The van der Waals surface area contributed by atoms with E-state index >= 15 is 0 Å². The summed E-state index contributed by atoms with van der Waals surface area (Å²) in [5.74, 6) is -0.946. The lowest BCUT2D eigenvalue weighted by atomic mass is 9.94. The number of nitrogens with zero attached hydrogens (tertiary/aromatic N) is 1. The smallest absolute Gasteiger partial charge is 0.246 e. The Morgan fingerprint density at radius 1 is 0.935 bits per heavy atom. The van der Waals surface area contributed by atoms with Crippen molar-refractivity contribution in [3.63, 3.8) is 0 Å². The van der Waals surface area contributed by atoms with Gasteiger partial charge < -0.3 is 21.3 Å². The van der Waals surface area contributed by atoms with Crippen molar-refractivity contribution in [2.75, 3.05) is 23.3 Å². The summed E-state index contributed by atoms with van der Waals surface area (Å²) in [6, 6.07) is 16.2. The first-order valence-corrected chi connectivity index (χ1v) is 10.2. The topological polar surface area (TPSA) is 87.5 Å². The molecule has 0 saturated carbocycles. The third kappa shape index (κ3) is 7.13. The summed E-state index contributed by atoms with van der Waals surface area (Å²) < 4.78 is 0. The van der Waals surface area contributed by atoms with E-state index in [4.69, 9.17) is 5.73 Å². The lowest BCUT2D eigenvalue weighted by Gasteiger charge is -2.22. The lowest BCUT2D eigenvalue weighted by Crippen LogP contribution is -2.45. The van der Waals surface area contributed by atoms with Crippen LogP contribution in [0.2, 0.25) is 0 Å². The third-order valence-electron chi connectivity index (χ3n) is 5.47. The Morgan fingerprint density at radius 2 is 1.58 bits per heavy atom. The van der Waals surface area contributed by atoms with Crippen molar-refractivity contribution in [2.24, 2.45) is 11.7 Å². The number of hydrogen-bond acceptors (Lipinski definition) is 4. The SMILES string of the molecule is CC(NC(=O)C(C)C(N)c1ccccc1)C(=O)Nc1cccc(N2CCCC2)c1.Cl.Cl.